The molecule has 0 aliphatic heterocycles. The molecule has 1 heteroatoms. The number of nitriles is 1. The second-order valence-electron chi connectivity index (χ2n) is 5.28. The Morgan fingerprint density at radius 3 is 2.20 bits per heavy atom. The smallest absolute Gasteiger partial charge is 0.0994 e. The predicted octanol–water partition coefficient (Wildman–Crippen LogP) is 3.98. The highest BCUT2D eigenvalue weighted by Crippen LogP contribution is 2.32. The maximum absolute atomic E-state index is 9.11. The SMILES string of the molecule is CC(C)c1c(C#N)cccc1C(C)(C)C. The molecule has 1 aromatic rings. The van der Waals surface area contributed by atoms with Crippen molar-refractivity contribution in [1.29, 1.82) is 5.26 Å². The van der Waals surface area contributed by atoms with E-state index < -0.39 is 0 Å². The van der Waals surface area contributed by atoms with Gasteiger partial charge in [-0.3, -0.25) is 0 Å². The largest absolute Gasteiger partial charge is 0.192 e. The van der Waals surface area contributed by atoms with Crippen LogP contribution in [0.5, 0.6) is 0 Å². The van der Waals surface area contributed by atoms with Gasteiger partial charge in [-0.05, 0) is 28.5 Å². The summed E-state index contributed by atoms with van der Waals surface area (Å²) < 4.78 is 0. The molecule has 1 aromatic carbocycles. The molecule has 1 rings (SSSR count). The molecule has 0 radical (unpaired) electrons. The summed E-state index contributed by atoms with van der Waals surface area (Å²) in [5, 5.41) is 9.11. The molecule has 0 aliphatic carbocycles. The maximum Gasteiger partial charge on any atom is 0.0994 e. The summed E-state index contributed by atoms with van der Waals surface area (Å²) in [7, 11) is 0. The second-order valence-corrected chi connectivity index (χ2v) is 5.28. The lowest BCUT2D eigenvalue weighted by molar-refractivity contribution is 0.576. The van der Waals surface area contributed by atoms with Crippen molar-refractivity contribution in [3.8, 4) is 6.07 Å². The number of rotatable bonds is 1. The van der Waals surface area contributed by atoms with Crippen molar-refractivity contribution >= 4 is 0 Å². The van der Waals surface area contributed by atoms with E-state index in [1.807, 2.05) is 12.1 Å². The van der Waals surface area contributed by atoms with Gasteiger partial charge in [0.05, 0.1) is 11.6 Å². The molecule has 0 spiro atoms. The van der Waals surface area contributed by atoms with Crippen LogP contribution in [0.1, 0.15) is 57.2 Å². The fraction of sp³-hybridized carbons (Fsp3) is 0.500. The molecule has 1 nitrogen and oxygen atoms in total. The highest BCUT2D eigenvalue weighted by atomic mass is 14.3. The highest BCUT2D eigenvalue weighted by molar-refractivity contribution is 5.47. The first-order valence-corrected chi connectivity index (χ1v) is 5.41. The van der Waals surface area contributed by atoms with Crippen molar-refractivity contribution in [2.45, 2.75) is 46.0 Å². The Kier molecular flexibility index (Phi) is 3.19. The van der Waals surface area contributed by atoms with Crippen LogP contribution in [0.25, 0.3) is 0 Å². The van der Waals surface area contributed by atoms with Gasteiger partial charge in [0.1, 0.15) is 0 Å². The molecule has 0 fully saturated rings. The minimum absolute atomic E-state index is 0.104. The molecule has 0 atom stereocenters. The summed E-state index contributed by atoms with van der Waals surface area (Å²) in [6, 6.07) is 8.31. The number of hydrogen-bond acceptors (Lipinski definition) is 1. The van der Waals surface area contributed by atoms with E-state index >= 15 is 0 Å². The average Bonchev–Trinajstić information content (AvgIpc) is 2.15. The summed E-state index contributed by atoms with van der Waals surface area (Å²) in [6.07, 6.45) is 0. The molecule has 0 unspecified atom stereocenters. The topological polar surface area (TPSA) is 23.8 Å². The first kappa shape index (κ1) is 11.8. The van der Waals surface area contributed by atoms with Crippen molar-refractivity contribution < 1.29 is 0 Å². The van der Waals surface area contributed by atoms with Crippen molar-refractivity contribution in [3.63, 3.8) is 0 Å². The summed E-state index contributed by atoms with van der Waals surface area (Å²) in [5.41, 5.74) is 3.41. The standard InChI is InChI=1S/C14H19N/c1-10(2)13-11(9-15)7-6-8-12(13)14(3,4)5/h6-8,10H,1-5H3. The third kappa shape index (κ3) is 2.39. The molecule has 0 bridgehead atoms. The van der Waals surface area contributed by atoms with Crippen molar-refractivity contribution in [2.75, 3.05) is 0 Å². The molecule has 0 N–H and O–H groups in total. The second kappa shape index (κ2) is 4.06. The average molecular weight is 201 g/mol. The predicted molar refractivity (Wildman–Crippen MR) is 63.9 cm³/mol. The van der Waals surface area contributed by atoms with Gasteiger partial charge in [0.15, 0.2) is 0 Å². The van der Waals surface area contributed by atoms with E-state index in [9.17, 15) is 0 Å². The van der Waals surface area contributed by atoms with Gasteiger partial charge in [-0.2, -0.15) is 5.26 Å². The van der Waals surface area contributed by atoms with E-state index in [0.29, 0.717) is 5.92 Å². The molecule has 0 aliphatic rings. The highest BCUT2D eigenvalue weighted by Gasteiger charge is 2.21. The van der Waals surface area contributed by atoms with Gasteiger partial charge < -0.3 is 0 Å². The maximum atomic E-state index is 9.11. The van der Waals surface area contributed by atoms with Crippen molar-refractivity contribution in [1.82, 2.24) is 0 Å². The van der Waals surface area contributed by atoms with Crippen LogP contribution >= 0.6 is 0 Å². The van der Waals surface area contributed by atoms with Crippen LogP contribution in [0.4, 0.5) is 0 Å². The Morgan fingerprint density at radius 2 is 1.80 bits per heavy atom. The van der Waals surface area contributed by atoms with Gasteiger partial charge in [-0.25, -0.2) is 0 Å². The zero-order valence-electron chi connectivity index (χ0n) is 10.3. The zero-order chi connectivity index (χ0) is 11.6. The third-order valence-corrected chi connectivity index (χ3v) is 2.61. The van der Waals surface area contributed by atoms with Crippen LogP contribution in [0.2, 0.25) is 0 Å². The molecule has 80 valence electrons. The van der Waals surface area contributed by atoms with Crippen LogP contribution in [-0.2, 0) is 5.41 Å². The normalized spacial score (nSPS) is 11.5. The van der Waals surface area contributed by atoms with Gasteiger partial charge in [0.25, 0.3) is 0 Å². The third-order valence-electron chi connectivity index (χ3n) is 2.61. The minimum atomic E-state index is 0.104. The Labute approximate surface area is 92.7 Å². The lowest BCUT2D eigenvalue weighted by atomic mass is 9.79. The fourth-order valence-corrected chi connectivity index (χ4v) is 1.94. The molecule has 0 heterocycles. The lowest BCUT2D eigenvalue weighted by Crippen LogP contribution is -2.16. The summed E-state index contributed by atoms with van der Waals surface area (Å²) in [5.74, 6) is 0.398. The van der Waals surface area contributed by atoms with Crippen LogP contribution in [0.15, 0.2) is 18.2 Å². The van der Waals surface area contributed by atoms with Gasteiger partial charge >= 0.3 is 0 Å². The van der Waals surface area contributed by atoms with E-state index in [1.165, 1.54) is 11.1 Å². The molecule has 0 aromatic heterocycles. The Hall–Kier alpha value is -1.29. The van der Waals surface area contributed by atoms with Gasteiger partial charge in [0, 0.05) is 0 Å². The van der Waals surface area contributed by atoms with Crippen molar-refractivity contribution in [2.24, 2.45) is 0 Å². The molecular weight excluding hydrogens is 182 g/mol. The van der Waals surface area contributed by atoms with E-state index in [0.717, 1.165) is 5.56 Å². The lowest BCUT2D eigenvalue weighted by Gasteiger charge is -2.25. The van der Waals surface area contributed by atoms with E-state index in [4.69, 9.17) is 5.26 Å². The monoisotopic (exact) mass is 201 g/mol. The first-order chi connectivity index (χ1) is 6.88. The van der Waals surface area contributed by atoms with E-state index in [2.05, 4.69) is 46.8 Å². The summed E-state index contributed by atoms with van der Waals surface area (Å²) in [4.78, 5) is 0. The summed E-state index contributed by atoms with van der Waals surface area (Å²) in [6.45, 7) is 10.9. The summed E-state index contributed by atoms with van der Waals surface area (Å²) >= 11 is 0. The Morgan fingerprint density at radius 1 is 1.20 bits per heavy atom. The molecule has 0 amide bonds. The van der Waals surface area contributed by atoms with Gasteiger partial charge in [-0.1, -0.05) is 46.8 Å². The van der Waals surface area contributed by atoms with Crippen LogP contribution in [-0.4, -0.2) is 0 Å². The first-order valence-electron chi connectivity index (χ1n) is 5.41. The molecule has 15 heavy (non-hydrogen) atoms. The van der Waals surface area contributed by atoms with Crippen LogP contribution in [0, 0.1) is 11.3 Å². The molecular formula is C14H19N. The number of benzene rings is 1. The Balaban J connectivity index is 3.48. The molecule has 0 saturated carbocycles. The number of hydrogen-bond donors (Lipinski definition) is 0. The van der Waals surface area contributed by atoms with Gasteiger partial charge in [0.2, 0.25) is 0 Å². The Bertz CT molecular complexity index is 389. The van der Waals surface area contributed by atoms with E-state index in [1.54, 1.807) is 0 Å². The molecule has 0 saturated heterocycles. The van der Waals surface area contributed by atoms with Crippen LogP contribution < -0.4 is 0 Å². The fourth-order valence-electron chi connectivity index (χ4n) is 1.94. The quantitative estimate of drug-likeness (QED) is 0.674. The van der Waals surface area contributed by atoms with Gasteiger partial charge in [-0.15, -0.1) is 0 Å². The zero-order valence-corrected chi connectivity index (χ0v) is 10.3. The van der Waals surface area contributed by atoms with Crippen LogP contribution in [0.3, 0.4) is 0 Å². The van der Waals surface area contributed by atoms with E-state index in [-0.39, 0.29) is 5.41 Å². The minimum Gasteiger partial charge on any atom is -0.192 e. The van der Waals surface area contributed by atoms with Crippen molar-refractivity contribution in [3.05, 3.63) is 34.9 Å². The number of nitrogens with zero attached hydrogens (tertiary/aromatic N) is 1.